The molecule has 2 aromatic rings. The van der Waals surface area contributed by atoms with Gasteiger partial charge in [-0.05, 0) is 43.4 Å². The van der Waals surface area contributed by atoms with E-state index < -0.39 is 42.3 Å². The molecule has 0 bridgehead atoms. The van der Waals surface area contributed by atoms with Gasteiger partial charge < -0.3 is 23.7 Å². The molecule has 8 nitrogen and oxygen atoms in total. The molecule has 8 heteroatoms. The molecule has 0 N–H and O–H groups in total. The first kappa shape index (κ1) is 29.1. The van der Waals surface area contributed by atoms with Crippen LogP contribution in [0.1, 0.15) is 62.4 Å². The lowest BCUT2D eigenvalue weighted by molar-refractivity contribution is -0.163. The molecule has 3 rings (SSSR count). The van der Waals surface area contributed by atoms with Gasteiger partial charge in [-0.2, -0.15) is 0 Å². The molecule has 2 aromatic carbocycles. The van der Waals surface area contributed by atoms with Gasteiger partial charge in [0.15, 0.2) is 12.2 Å². The molecule has 204 valence electrons. The Morgan fingerprint density at radius 1 is 0.842 bits per heavy atom. The minimum Gasteiger partial charge on any atom is -0.463 e. The van der Waals surface area contributed by atoms with Crippen LogP contribution in [-0.4, -0.2) is 50.4 Å². The van der Waals surface area contributed by atoms with Gasteiger partial charge in [-0.1, -0.05) is 66.7 Å². The number of ether oxygens (including phenoxy) is 5. The summed E-state index contributed by atoms with van der Waals surface area (Å²) in [6, 6.07) is 18.1. The zero-order chi connectivity index (χ0) is 27.3. The van der Waals surface area contributed by atoms with Crippen LogP contribution in [0.2, 0.25) is 0 Å². The van der Waals surface area contributed by atoms with Crippen molar-refractivity contribution in [3.05, 3.63) is 83.9 Å². The molecule has 0 radical (unpaired) electrons. The Balaban J connectivity index is 1.72. The number of carbonyl (C=O) groups excluding carboxylic acids is 3. The van der Waals surface area contributed by atoms with E-state index in [2.05, 4.69) is 0 Å². The molecule has 1 aliphatic heterocycles. The Kier molecular flexibility index (Phi) is 11.5. The second kappa shape index (κ2) is 15.1. The Morgan fingerprint density at radius 2 is 1.39 bits per heavy atom. The quantitative estimate of drug-likeness (QED) is 0.269. The van der Waals surface area contributed by atoms with Gasteiger partial charge in [0.05, 0.1) is 12.5 Å². The molecule has 0 unspecified atom stereocenters. The van der Waals surface area contributed by atoms with Gasteiger partial charge in [0.25, 0.3) is 0 Å². The third-order valence-corrected chi connectivity index (χ3v) is 6.24. The standard InChI is InChI=1S/C30H36O8/c1-21-12-10-17-24(37-29(32)27(34-2)22-13-6-4-7-14-22)18-11-19-25(20-26(31)36-21)38-30(33)28(35-3)23-15-8-5-9-16-23/h4-9,11,13-16,19,21,24-25,27-28H,10,12,17-18,20H2,1-3H3/b19-11+/t21-,24-,25-,27-,28-/m1/s1. The molecular formula is C30H36O8. The van der Waals surface area contributed by atoms with Crippen molar-refractivity contribution in [1.29, 1.82) is 0 Å². The van der Waals surface area contributed by atoms with Crippen LogP contribution >= 0.6 is 0 Å². The Bertz CT molecular complexity index is 1050. The molecule has 0 aromatic heterocycles. The summed E-state index contributed by atoms with van der Waals surface area (Å²) in [7, 11) is 2.89. The van der Waals surface area contributed by atoms with Gasteiger partial charge in [-0.25, -0.2) is 9.59 Å². The first-order chi connectivity index (χ1) is 18.4. The number of hydrogen-bond donors (Lipinski definition) is 0. The van der Waals surface area contributed by atoms with E-state index in [0.717, 1.165) is 0 Å². The van der Waals surface area contributed by atoms with E-state index in [0.29, 0.717) is 36.8 Å². The number of methoxy groups -OCH3 is 2. The van der Waals surface area contributed by atoms with Crippen LogP contribution in [-0.2, 0) is 38.1 Å². The van der Waals surface area contributed by atoms with Crippen molar-refractivity contribution in [2.75, 3.05) is 14.2 Å². The molecule has 0 aliphatic carbocycles. The smallest absolute Gasteiger partial charge is 0.340 e. The summed E-state index contributed by atoms with van der Waals surface area (Å²) in [5.74, 6) is -1.55. The molecular weight excluding hydrogens is 488 g/mol. The van der Waals surface area contributed by atoms with Crippen molar-refractivity contribution in [3.63, 3.8) is 0 Å². The molecule has 5 atom stereocenters. The highest BCUT2D eigenvalue weighted by molar-refractivity contribution is 5.78. The van der Waals surface area contributed by atoms with E-state index in [1.165, 1.54) is 14.2 Å². The highest BCUT2D eigenvalue weighted by Crippen LogP contribution is 2.23. The summed E-state index contributed by atoms with van der Waals surface area (Å²) in [5.41, 5.74) is 1.36. The van der Waals surface area contributed by atoms with E-state index in [9.17, 15) is 14.4 Å². The summed E-state index contributed by atoms with van der Waals surface area (Å²) in [5, 5.41) is 0. The fourth-order valence-corrected chi connectivity index (χ4v) is 4.31. The van der Waals surface area contributed by atoms with Crippen LogP contribution in [0.4, 0.5) is 0 Å². The van der Waals surface area contributed by atoms with Crippen LogP contribution in [0.3, 0.4) is 0 Å². The van der Waals surface area contributed by atoms with Gasteiger partial charge in [0, 0.05) is 20.6 Å². The Hall–Kier alpha value is -3.49. The van der Waals surface area contributed by atoms with Gasteiger partial charge in [0.1, 0.15) is 12.2 Å². The van der Waals surface area contributed by atoms with Crippen molar-refractivity contribution >= 4 is 17.9 Å². The number of esters is 3. The molecule has 0 fully saturated rings. The first-order valence-electron chi connectivity index (χ1n) is 12.8. The second-order valence-electron chi connectivity index (χ2n) is 9.19. The second-order valence-corrected chi connectivity index (χ2v) is 9.19. The largest absolute Gasteiger partial charge is 0.463 e. The van der Waals surface area contributed by atoms with E-state index in [1.54, 1.807) is 36.4 Å². The normalized spacial score (nSPS) is 23.0. The Labute approximate surface area is 223 Å². The van der Waals surface area contributed by atoms with Crippen molar-refractivity contribution in [2.24, 2.45) is 0 Å². The summed E-state index contributed by atoms with van der Waals surface area (Å²) >= 11 is 0. The molecule has 0 saturated carbocycles. The summed E-state index contributed by atoms with van der Waals surface area (Å²) in [6.07, 6.45) is 2.16. The maximum absolute atomic E-state index is 13.0. The number of hydrogen-bond acceptors (Lipinski definition) is 8. The summed E-state index contributed by atoms with van der Waals surface area (Å²) in [4.78, 5) is 38.4. The predicted octanol–water partition coefficient (Wildman–Crippen LogP) is 5.04. The van der Waals surface area contributed by atoms with E-state index >= 15 is 0 Å². The van der Waals surface area contributed by atoms with E-state index in [4.69, 9.17) is 23.7 Å². The van der Waals surface area contributed by atoms with Gasteiger partial charge in [-0.15, -0.1) is 0 Å². The zero-order valence-corrected chi connectivity index (χ0v) is 22.1. The van der Waals surface area contributed by atoms with Gasteiger partial charge in [0.2, 0.25) is 0 Å². The van der Waals surface area contributed by atoms with Gasteiger partial charge in [-0.3, -0.25) is 4.79 Å². The number of benzene rings is 2. The van der Waals surface area contributed by atoms with Crippen LogP contribution in [0.15, 0.2) is 72.8 Å². The van der Waals surface area contributed by atoms with Crippen molar-refractivity contribution in [2.45, 2.75) is 69.5 Å². The van der Waals surface area contributed by atoms with Crippen molar-refractivity contribution < 1.29 is 38.1 Å². The lowest BCUT2D eigenvalue weighted by Crippen LogP contribution is -2.28. The van der Waals surface area contributed by atoms with Crippen LogP contribution in [0.5, 0.6) is 0 Å². The molecule has 1 aliphatic rings. The highest BCUT2D eigenvalue weighted by atomic mass is 16.6. The van der Waals surface area contributed by atoms with Crippen LogP contribution in [0, 0.1) is 0 Å². The topological polar surface area (TPSA) is 97.4 Å². The van der Waals surface area contributed by atoms with Crippen LogP contribution in [0.25, 0.3) is 0 Å². The molecule has 38 heavy (non-hydrogen) atoms. The number of cyclic esters (lactones) is 1. The maximum atomic E-state index is 13.0. The average Bonchev–Trinajstić information content (AvgIpc) is 2.90. The lowest BCUT2D eigenvalue weighted by Gasteiger charge is -2.23. The Morgan fingerprint density at radius 3 is 1.95 bits per heavy atom. The third kappa shape index (κ3) is 8.82. The van der Waals surface area contributed by atoms with Crippen LogP contribution < -0.4 is 0 Å². The summed E-state index contributed by atoms with van der Waals surface area (Å²) < 4.78 is 27.8. The average molecular weight is 525 g/mol. The van der Waals surface area contributed by atoms with Crippen molar-refractivity contribution in [3.8, 4) is 0 Å². The molecule has 0 saturated heterocycles. The fraction of sp³-hybridized carbons (Fsp3) is 0.433. The van der Waals surface area contributed by atoms with E-state index in [1.807, 2.05) is 43.3 Å². The lowest BCUT2D eigenvalue weighted by atomic mass is 10.0. The minimum atomic E-state index is -0.932. The van der Waals surface area contributed by atoms with Crippen molar-refractivity contribution in [1.82, 2.24) is 0 Å². The first-order valence-corrected chi connectivity index (χ1v) is 12.8. The maximum Gasteiger partial charge on any atom is 0.340 e. The number of carbonyl (C=O) groups is 3. The zero-order valence-electron chi connectivity index (χ0n) is 22.1. The molecule has 0 amide bonds. The molecule has 1 heterocycles. The predicted molar refractivity (Wildman–Crippen MR) is 140 cm³/mol. The number of rotatable bonds is 8. The highest BCUT2D eigenvalue weighted by Gasteiger charge is 2.28. The minimum absolute atomic E-state index is 0.137. The fourth-order valence-electron chi connectivity index (χ4n) is 4.31. The monoisotopic (exact) mass is 524 g/mol. The van der Waals surface area contributed by atoms with E-state index in [-0.39, 0.29) is 12.5 Å². The summed E-state index contributed by atoms with van der Waals surface area (Å²) in [6.45, 7) is 1.81. The molecule has 0 spiro atoms. The SMILES string of the molecule is CO[C@@H](C(=O)O[C@H]1C/C=C/[C@@H](OC(=O)[C@H](OC)c2ccccc2)CC(=O)O[C@H](C)CCC1)c1ccccc1. The van der Waals surface area contributed by atoms with Gasteiger partial charge >= 0.3 is 17.9 Å². The third-order valence-electron chi connectivity index (χ3n) is 6.24.